The predicted molar refractivity (Wildman–Crippen MR) is 128 cm³/mol. The normalized spacial score (nSPS) is 28.2. The third-order valence-corrected chi connectivity index (χ3v) is 8.25. The number of likely N-dealkylation sites (N-methyl/N-ethyl adjacent to an activating group) is 1. The molecule has 0 aromatic carbocycles. The average Bonchev–Trinajstić information content (AvgIpc) is 3.33. The quantitative estimate of drug-likeness (QED) is 0.702. The molecule has 1 saturated carbocycles. The number of hydrogen-bond acceptors (Lipinski definition) is 5. The molecular formula is C25H34N4OS. The van der Waals surface area contributed by atoms with Crippen molar-refractivity contribution in [1.82, 2.24) is 14.8 Å². The number of nitrogens with zero attached hydrogens (tertiary/aromatic N) is 4. The van der Waals surface area contributed by atoms with Gasteiger partial charge in [0.1, 0.15) is 5.82 Å². The number of rotatable bonds is 3. The standard InChI is InChI=1S/C25H34N4OS/c1-24(2)14-18-15-25(3,16-24)17-29(18)23(30)19-7-8-20(21-6-5-13-31-21)26-22(19)28-11-9-27(4)10-12-28/h5-8,13,18H,9-12,14-17H2,1-4H3/t18-,25+/m0/s1. The fraction of sp³-hybridized carbons (Fsp3) is 0.600. The Hall–Kier alpha value is -1.92. The maximum absolute atomic E-state index is 13.9. The van der Waals surface area contributed by atoms with Crippen LogP contribution in [0, 0.1) is 10.8 Å². The van der Waals surface area contributed by atoms with Crippen LogP contribution < -0.4 is 4.90 Å². The lowest BCUT2D eigenvalue weighted by atomic mass is 9.65. The molecule has 2 saturated heterocycles. The van der Waals surface area contributed by atoms with Crippen LogP contribution in [0.5, 0.6) is 0 Å². The number of amides is 1. The fourth-order valence-electron chi connectivity index (χ4n) is 6.29. The van der Waals surface area contributed by atoms with E-state index < -0.39 is 0 Å². The summed E-state index contributed by atoms with van der Waals surface area (Å²) in [6.45, 7) is 11.8. The van der Waals surface area contributed by atoms with Crippen LogP contribution in [0.2, 0.25) is 0 Å². The predicted octanol–water partition coefficient (Wildman–Crippen LogP) is 4.60. The summed E-state index contributed by atoms with van der Waals surface area (Å²) in [6.07, 6.45) is 3.42. The minimum Gasteiger partial charge on any atom is -0.353 e. The van der Waals surface area contributed by atoms with Crippen LogP contribution in [-0.4, -0.2) is 66.5 Å². The molecule has 5 rings (SSSR count). The second-order valence-electron chi connectivity index (χ2n) is 11.0. The lowest BCUT2D eigenvalue weighted by Gasteiger charge is -2.39. The Morgan fingerprint density at radius 1 is 1.10 bits per heavy atom. The molecule has 3 fully saturated rings. The van der Waals surface area contributed by atoms with Crippen LogP contribution in [0.15, 0.2) is 29.6 Å². The molecule has 2 aromatic rings. The van der Waals surface area contributed by atoms with Gasteiger partial charge in [0.15, 0.2) is 0 Å². The molecule has 2 bridgehead atoms. The molecule has 31 heavy (non-hydrogen) atoms. The largest absolute Gasteiger partial charge is 0.353 e. The molecule has 0 radical (unpaired) electrons. The number of thiophene rings is 1. The van der Waals surface area contributed by atoms with E-state index in [0.717, 1.165) is 67.5 Å². The van der Waals surface area contributed by atoms with E-state index in [0.29, 0.717) is 11.5 Å². The van der Waals surface area contributed by atoms with Gasteiger partial charge >= 0.3 is 0 Å². The first-order chi connectivity index (χ1) is 14.7. The molecule has 1 amide bonds. The van der Waals surface area contributed by atoms with Gasteiger partial charge in [-0.25, -0.2) is 4.98 Å². The molecule has 0 N–H and O–H groups in total. The van der Waals surface area contributed by atoms with Gasteiger partial charge in [0, 0.05) is 38.8 Å². The van der Waals surface area contributed by atoms with Gasteiger partial charge < -0.3 is 14.7 Å². The van der Waals surface area contributed by atoms with Crippen molar-refractivity contribution in [2.45, 2.75) is 46.1 Å². The summed E-state index contributed by atoms with van der Waals surface area (Å²) in [5, 5.41) is 2.08. The molecule has 6 heteroatoms. The van der Waals surface area contributed by atoms with Crippen LogP contribution in [-0.2, 0) is 0 Å². The molecule has 166 valence electrons. The van der Waals surface area contributed by atoms with E-state index in [1.165, 1.54) is 6.42 Å². The summed E-state index contributed by atoms with van der Waals surface area (Å²) < 4.78 is 0. The van der Waals surface area contributed by atoms with E-state index in [-0.39, 0.29) is 11.3 Å². The Labute approximate surface area is 190 Å². The van der Waals surface area contributed by atoms with Crippen molar-refractivity contribution in [2.75, 3.05) is 44.7 Å². The zero-order valence-corrected chi connectivity index (χ0v) is 20.0. The SMILES string of the molecule is CN1CCN(c2nc(-c3cccs3)ccc2C(=O)N2C[C@]3(C)C[C@@H]2CC(C)(C)C3)CC1. The highest BCUT2D eigenvalue weighted by Gasteiger charge is 2.51. The summed E-state index contributed by atoms with van der Waals surface area (Å²) in [7, 11) is 2.16. The third-order valence-electron chi connectivity index (χ3n) is 7.36. The molecule has 2 aliphatic heterocycles. The topological polar surface area (TPSA) is 39.7 Å². The van der Waals surface area contributed by atoms with Gasteiger partial charge in [-0.15, -0.1) is 11.3 Å². The van der Waals surface area contributed by atoms with Gasteiger partial charge in [-0.05, 0) is 60.7 Å². The van der Waals surface area contributed by atoms with Crippen molar-refractivity contribution in [3.05, 3.63) is 35.2 Å². The molecular weight excluding hydrogens is 404 g/mol. The maximum Gasteiger partial charge on any atom is 0.257 e. The number of carbonyl (C=O) groups is 1. The summed E-state index contributed by atoms with van der Waals surface area (Å²) in [5.41, 5.74) is 2.28. The zero-order chi connectivity index (χ0) is 21.8. The molecule has 2 atom stereocenters. The second kappa shape index (κ2) is 7.59. The second-order valence-corrected chi connectivity index (χ2v) is 11.9. The number of carbonyl (C=O) groups excluding carboxylic acids is 1. The zero-order valence-electron chi connectivity index (χ0n) is 19.2. The third kappa shape index (κ3) is 4.00. The van der Waals surface area contributed by atoms with Crippen molar-refractivity contribution < 1.29 is 4.79 Å². The highest BCUT2D eigenvalue weighted by Crippen LogP contribution is 2.53. The van der Waals surface area contributed by atoms with E-state index in [2.05, 4.69) is 60.0 Å². The molecule has 2 aromatic heterocycles. The summed E-state index contributed by atoms with van der Waals surface area (Å²) in [5.74, 6) is 1.04. The van der Waals surface area contributed by atoms with Crippen molar-refractivity contribution in [2.24, 2.45) is 10.8 Å². The maximum atomic E-state index is 13.9. The number of piperazine rings is 1. The summed E-state index contributed by atoms with van der Waals surface area (Å²) in [6, 6.07) is 8.58. The monoisotopic (exact) mass is 438 g/mol. The summed E-state index contributed by atoms with van der Waals surface area (Å²) >= 11 is 1.70. The van der Waals surface area contributed by atoms with Crippen molar-refractivity contribution >= 4 is 23.1 Å². The van der Waals surface area contributed by atoms with Gasteiger partial charge in [-0.1, -0.05) is 26.8 Å². The Morgan fingerprint density at radius 2 is 1.87 bits per heavy atom. The van der Waals surface area contributed by atoms with Crippen molar-refractivity contribution in [3.8, 4) is 10.6 Å². The van der Waals surface area contributed by atoms with Crippen LogP contribution in [0.3, 0.4) is 0 Å². The van der Waals surface area contributed by atoms with E-state index >= 15 is 0 Å². The van der Waals surface area contributed by atoms with E-state index in [4.69, 9.17) is 4.98 Å². The average molecular weight is 439 g/mol. The highest BCUT2D eigenvalue weighted by atomic mass is 32.1. The van der Waals surface area contributed by atoms with E-state index in [1.54, 1.807) is 11.3 Å². The van der Waals surface area contributed by atoms with Gasteiger partial charge in [0.2, 0.25) is 0 Å². The van der Waals surface area contributed by atoms with E-state index in [9.17, 15) is 4.79 Å². The Bertz CT molecular complexity index is 964. The Morgan fingerprint density at radius 3 is 2.58 bits per heavy atom. The van der Waals surface area contributed by atoms with Crippen molar-refractivity contribution in [3.63, 3.8) is 0 Å². The molecule has 5 nitrogen and oxygen atoms in total. The van der Waals surface area contributed by atoms with Gasteiger partial charge in [-0.2, -0.15) is 0 Å². The molecule has 1 aliphatic carbocycles. The number of fused-ring (bicyclic) bond motifs is 2. The number of hydrogen-bond donors (Lipinski definition) is 0. The molecule has 4 heterocycles. The highest BCUT2D eigenvalue weighted by molar-refractivity contribution is 7.13. The first kappa shape index (κ1) is 21.0. The molecule has 3 aliphatic rings. The molecule has 0 unspecified atom stereocenters. The lowest BCUT2D eigenvalue weighted by Crippen LogP contribution is -2.46. The Kier molecular flexibility index (Phi) is 5.13. The number of anilines is 1. The van der Waals surface area contributed by atoms with Gasteiger partial charge in [0.05, 0.1) is 16.1 Å². The van der Waals surface area contributed by atoms with Gasteiger partial charge in [-0.3, -0.25) is 4.79 Å². The van der Waals surface area contributed by atoms with E-state index in [1.807, 2.05) is 12.1 Å². The Balaban J connectivity index is 1.50. The van der Waals surface area contributed by atoms with Crippen molar-refractivity contribution in [1.29, 1.82) is 0 Å². The smallest absolute Gasteiger partial charge is 0.257 e. The minimum absolute atomic E-state index is 0.172. The minimum atomic E-state index is 0.172. The number of pyridine rings is 1. The summed E-state index contributed by atoms with van der Waals surface area (Å²) in [4.78, 5) is 27.0. The first-order valence-corrected chi connectivity index (χ1v) is 12.4. The van der Waals surface area contributed by atoms with Crippen LogP contribution >= 0.6 is 11.3 Å². The lowest BCUT2D eigenvalue weighted by molar-refractivity contribution is 0.0708. The van der Waals surface area contributed by atoms with Crippen LogP contribution in [0.4, 0.5) is 5.82 Å². The molecule has 0 spiro atoms. The fourth-order valence-corrected chi connectivity index (χ4v) is 6.98. The first-order valence-electron chi connectivity index (χ1n) is 11.5. The van der Waals surface area contributed by atoms with Crippen LogP contribution in [0.1, 0.15) is 50.4 Å². The van der Waals surface area contributed by atoms with Gasteiger partial charge in [0.25, 0.3) is 5.91 Å². The number of aromatic nitrogens is 1. The number of likely N-dealkylation sites (tertiary alicyclic amines) is 1. The van der Waals surface area contributed by atoms with Crippen LogP contribution in [0.25, 0.3) is 10.6 Å².